The number of guanidine groups is 1. The first-order valence-electron chi connectivity index (χ1n) is 14.7. The van der Waals surface area contributed by atoms with Gasteiger partial charge in [-0.05, 0) is 80.0 Å². The first-order chi connectivity index (χ1) is 20.5. The number of aromatic amines is 1. The van der Waals surface area contributed by atoms with Crippen molar-refractivity contribution in [3.05, 3.63) is 81.1 Å². The maximum atomic E-state index is 15.1. The number of nitrogens with zero attached hydrogens (tertiary/aromatic N) is 3. The van der Waals surface area contributed by atoms with Crippen LogP contribution in [0.1, 0.15) is 63.6 Å². The second kappa shape index (κ2) is 14.6. The Morgan fingerprint density at radius 2 is 1.88 bits per heavy atom. The van der Waals surface area contributed by atoms with Crippen LogP contribution in [-0.4, -0.2) is 44.8 Å². The third-order valence-corrected chi connectivity index (χ3v) is 7.81. The zero-order valence-corrected chi connectivity index (χ0v) is 25.7. The van der Waals surface area contributed by atoms with Crippen molar-refractivity contribution in [2.75, 3.05) is 13.2 Å². The number of fused-ring (bicyclic) bond motifs is 1. The molecule has 0 saturated carbocycles. The molecule has 0 spiro atoms. The minimum atomic E-state index is -0.508. The molecule has 0 amide bonds. The molecule has 2 aromatic heterocycles. The lowest BCUT2D eigenvalue weighted by Crippen LogP contribution is -2.33. The van der Waals surface area contributed by atoms with E-state index in [1.54, 1.807) is 18.3 Å². The van der Waals surface area contributed by atoms with Crippen molar-refractivity contribution in [1.82, 2.24) is 19.9 Å². The third-order valence-electron chi connectivity index (χ3n) is 7.54. The van der Waals surface area contributed by atoms with Crippen LogP contribution in [-0.2, 0) is 6.42 Å². The Balaban J connectivity index is 1.54. The molecule has 43 heavy (non-hydrogen) atoms. The van der Waals surface area contributed by atoms with Gasteiger partial charge in [0.05, 0.1) is 16.4 Å². The number of H-pyrrole nitrogens is 1. The average molecular weight is 610 g/mol. The van der Waals surface area contributed by atoms with Crippen LogP contribution in [0, 0.1) is 11.7 Å². The second-order valence-electron chi connectivity index (χ2n) is 11.4. The Bertz CT molecular complexity index is 1610. The van der Waals surface area contributed by atoms with E-state index in [9.17, 15) is 9.90 Å². The Labute approximate surface area is 256 Å². The Hall–Kier alpha value is -3.73. The summed E-state index contributed by atoms with van der Waals surface area (Å²) in [5, 5.41) is 13.7. The van der Waals surface area contributed by atoms with E-state index in [1.807, 2.05) is 37.3 Å². The molecular weight excluding hydrogens is 569 g/mol. The Morgan fingerprint density at radius 1 is 1.14 bits per heavy atom. The summed E-state index contributed by atoms with van der Waals surface area (Å²) in [5.41, 5.74) is 14.3. The fourth-order valence-corrected chi connectivity index (χ4v) is 5.46. The lowest BCUT2D eigenvalue weighted by atomic mass is 10.00. The van der Waals surface area contributed by atoms with Gasteiger partial charge in [0.15, 0.2) is 11.8 Å². The molecule has 2 aromatic carbocycles. The molecule has 0 bridgehead atoms. The number of aliphatic imine (C=N–C) groups is 1. The van der Waals surface area contributed by atoms with Gasteiger partial charge in [0, 0.05) is 42.4 Å². The lowest BCUT2D eigenvalue weighted by Gasteiger charge is -2.23. The van der Waals surface area contributed by atoms with Crippen molar-refractivity contribution in [2.45, 2.75) is 65.0 Å². The summed E-state index contributed by atoms with van der Waals surface area (Å²) in [5.74, 6) is 0.131. The van der Waals surface area contributed by atoms with E-state index >= 15 is 4.39 Å². The molecule has 0 aliphatic heterocycles. The molecule has 0 fully saturated rings. The van der Waals surface area contributed by atoms with Gasteiger partial charge in [-0.1, -0.05) is 44.0 Å². The van der Waals surface area contributed by atoms with Crippen molar-refractivity contribution >= 4 is 28.6 Å². The van der Waals surface area contributed by atoms with Crippen LogP contribution >= 0.6 is 11.6 Å². The first kappa shape index (κ1) is 32.2. The number of aliphatic hydroxyl groups is 1. The monoisotopic (exact) mass is 609 g/mol. The number of aryl methyl sites for hydroxylation is 1. The number of nitrogens with two attached hydrogens (primary N) is 2. The molecule has 9 nitrogen and oxygen atoms in total. The molecule has 11 heteroatoms. The van der Waals surface area contributed by atoms with E-state index in [2.05, 4.69) is 34.1 Å². The number of halogens is 2. The van der Waals surface area contributed by atoms with Crippen molar-refractivity contribution in [3.8, 4) is 16.9 Å². The van der Waals surface area contributed by atoms with Gasteiger partial charge in [-0.25, -0.2) is 9.18 Å². The van der Waals surface area contributed by atoms with Crippen LogP contribution in [0.15, 0.2) is 58.4 Å². The molecule has 2 heterocycles. The Morgan fingerprint density at radius 3 is 2.56 bits per heavy atom. The summed E-state index contributed by atoms with van der Waals surface area (Å²) in [6.45, 7) is 6.91. The quantitative estimate of drug-likeness (QED) is 0.0978. The van der Waals surface area contributed by atoms with Crippen molar-refractivity contribution in [1.29, 1.82) is 0 Å². The predicted molar refractivity (Wildman–Crippen MR) is 172 cm³/mol. The van der Waals surface area contributed by atoms with Crippen LogP contribution in [0.4, 0.5) is 4.39 Å². The van der Waals surface area contributed by atoms with E-state index in [-0.39, 0.29) is 29.7 Å². The number of hydrogen-bond donors (Lipinski definition) is 5. The highest BCUT2D eigenvalue weighted by Gasteiger charge is 2.17. The molecule has 0 unspecified atom stereocenters. The maximum Gasteiger partial charge on any atom is 0.354 e. The van der Waals surface area contributed by atoms with Gasteiger partial charge in [-0.2, -0.15) is 4.98 Å². The Kier molecular flexibility index (Phi) is 11.0. The molecule has 0 saturated heterocycles. The van der Waals surface area contributed by atoms with Crippen molar-refractivity contribution in [3.63, 3.8) is 0 Å². The molecule has 4 aromatic rings. The number of hydrogen-bond acceptors (Lipinski definition) is 5. The van der Waals surface area contributed by atoms with Crippen LogP contribution in [0.5, 0.6) is 0 Å². The summed E-state index contributed by atoms with van der Waals surface area (Å²) in [7, 11) is 0. The molecule has 4 rings (SSSR count). The molecule has 230 valence electrons. The van der Waals surface area contributed by atoms with E-state index in [0.29, 0.717) is 53.3 Å². The molecule has 7 N–H and O–H groups in total. The first-order valence-corrected chi connectivity index (χ1v) is 15.1. The van der Waals surface area contributed by atoms with Gasteiger partial charge in [0.2, 0.25) is 0 Å². The fraction of sp³-hybridized carbons (Fsp3) is 0.406. The van der Waals surface area contributed by atoms with Crippen LogP contribution in [0.25, 0.3) is 28.0 Å². The minimum Gasteiger partial charge on any atom is -0.396 e. The summed E-state index contributed by atoms with van der Waals surface area (Å²) in [6.07, 6.45) is 5.82. The van der Waals surface area contributed by atoms with Gasteiger partial charge in [-0.15, -0.1) is 0 Å². The number of aliphatic hydroxyl groups excluding tert-OH is 1. The number of benzene rings is 2. The topological polar surface area (TPSA) is 147 Å². The highest BCUT2D eigenvalue weighted by molar-refractivity contribution is 6.31. The summed E-state index contributed by atoms with van der Waals surface area (Å²) in [4.78, 5) is 24.4. The zero-order valence-electron chi connectivity index (χ0n) is 24.9. The molecular formula is C32H41ClFN7O2. The van der Waals surface area contributed by atoms with E-state index in [1.165, 1.54) is 4.57 Å². The van der Waals surface area contributed by atoms with Crippen molar-refractivity contribution < 1.29 is 9.50 Å². The third kappa shape index (κ3) is 8.43. The van der Waals surface area contributed by atoms with Crippen molar-refractivity contribution in [2.24, 2.45) is 22.4 Å². The molecule has 0 aliphatic rings. The standard InChI is InChI=1S/C32H41ClFN7O2/c1-19(2)5-4-6-21-15-26(29(34)27(33)16-21)28-17-23-18-41(32(43)40-30(23)39-28)25-9-7-22(8-10-25)20(3)38-24(12-14-42)11-13-37-31(35)36/h7-10,15-20,24,38,42H,4-6,11-14H2,1-3H3,(H4,35,36,37)(H,39,40,43)/t20-,24+/m0/s1. The van der Waals surface area contributed by atoms with Gasteiger partial charge in [0.25, 0.3) is 0 Å². The van der Waals surface area contributed by atoms with E-state index in [0.717, 1.165) is 30.4 Å². The summed E-state index contributed by atoms with van der Waals surface area (Å²) < 4.78 is 16.6. The van der Waals surface area contributed by atoms with E-state index < -0.39 is 11.5 Å². The zero-order chi connectivity index (χ0) is 31.1. The second-order valence-corrected chi connectivity index (χ2v) is 11.8. The molecule has 2 atom stereocenters. The highest BCUT2D eigenvalue weighted by Crippen LogP contribution is 2.31. The minimum absolute atomic E-state index is 0.0165. The van der Waals surface area contributed by atoms with Gasteiger partial charge in [0.1, 0.15) is 5.65 Å². The van der Waals surface area contributed by atoms with Gasteiger partial charge >= 0.3 is 5.69 Å². The van der Waals surface area contributed by atoms with E-state index in [4.69, 9.17) is 23.1 Å². The average Bonchev–Trinajstić information content (AvgIpc) is 3.36. The molecule has 0 radical (unpaired) electrons. The van der Waals surface area contributed by atoms with Gasteiger partial charge < -0.3 is 26.9 Å². The van der Waals surface area contributed by atoms with Gasteiger partial charge in [-0.3, -0.25) is 9.56 Å². The number of rotatable bonds is 14. The van der Waals surface area contributed by atoms with Crippen LogP contribution < -0.4 is 22.5 Å². The maximum absolute atomic E-state index is 15.1. The SMILES string of the molecule is CC(C)CCCc1cc(Cl)c(F)c(-c2cc3cn(-c4ccc([C@H](C)N[C@@H](CCO)CCN=C(N)N)cc4)c(=O)nc3[nH]2)c1. The largest absolute Gasteiger partial charge is 0.396 e. The smallest absolute Gasteiger partial charge is 0.354 e. The van der Waals surface area contributed by atoms with Crippen LogP contribution in [0.3, 0.4) is 0 Å². The molecule has 0 aliphatic carbocycles. The number of nitrogens with one attached hydrogen (secondary N) is 2. The fourth-order valence-electron chi connectivity index (χ4n) is 5.21. The number of aromatic nitrogens is 3. The highest BCUT2D eigenvalue weighted by atomic mass is 35.5. The van der Waals surface area contributed by atoms with Crippen LogP contribution in [0.2, 0.25) is 5.02 Å². The predicted octanol–water partition coefficient (Wildman–Crippen LogP) is 5.22. The summed E-state index contributed by atoms with van der Waals surface area (Å²) in [6, 6.07) is 12.9. The lowest BCUT2D eigenvalue weighted by molar-refractivity contribution is 0.256. The normalized spacial score (nSPS) is 13.0. The summed E-state index contributed by atoms with van der Waals surface area (Å²) >= 11 is 6.26.